The Bertz CT molecular complexity index is 950. The van der Waals surface area contributed by atoms with Gasteiger partial charge in [-0.05, 0) is 36.2 Å². The van der Waals surface area contributed by atoms with Crippen LogP contribution in [0.4, 0.5) is 23.2 Å². The molecule has 0 aliphatic carbocycles. The molecule has 10 heteroatoms. The van der Waals surface area contributed by atoms with Crippen LogP contribution in [0.1, 0.15) is 17.9 Å². The van der Waals surface area contributed by atoms with Gasteiger partial charge in [-0.3, -0.25) is 9.59 Å². The molecule has 2 aromatic rings. The molecule has 1 fully saturated rings. The summed E-state index contributed by atoms with van der Waals surface area (Å²) in [4.78, 5) is 27.0. The van der Waals surface area contributed by atoms with Gasteiger partial charge in [0.15, 0.2) is 5.82 Å². The predicted octanol–water partition coefficient (Wildman–Crippen LogP) is 4.58. The summed E-state index contributed by atoms with van der Waals surface area (Å²) in [6, 6.07) is 9.09. The molecule has 30 heavy (non-hydrogen) atoms. The van der Waals surface area contributed by atoms with E-state index in [4.69, 9.17) is 11.6 Å². The number of anilines is 1. The fourth-order valence-electron chi connectivity index (χ4n) is 3.40. The van der Waals surface area contributed by atoms with Gasteiger partial charge in [-0.1, -0.05) is 29.8 Å². The van der Waals surface area contributed by atoms with Crippen LogP contribution in [-0.4, -0.2) is 36.7 Å². The van der Waals surface area contributed by atoms with E-state index in [0.717, 1.165) is 12.1 Å². The topological polar surface area (TPSA) is 58.6 Å². The number of alkyl halides is 3. The maximum Gasteiger partial charge on any atom is 0.573 e. The van der Waals surface area contributed by atoms with Crippen LogP contribution in [0.5, 0.6) is 5.75 Å². The van der Waals surface area contributed by atoms with Crippen molar-refractivity contribution < 1.29 is 31.9 Å². The lowest BCUT2D eigenvalue weighted by molar-refractivity contribution is -0.274. The van der Waals surface area contributed by atoms with Gasteiger partial charge in [-0.2, -0.15) is 0 Å². The van der Waals surface area contributed by atoms with Gasteiger partial charge in [-0.25, -0.2) is 4.39 Å². The van der Waals surface area contributed by atoms with Crippen LogP contribution in [0, 0.1) is 11.7 Å². The number of halogens is 5. The van der Waals surface area contributed by atoms with Gasteiger partial charge in [0.05, 0.1) is 10.7 Å². The number of amides is 2. The maximum atomic E-state index is 14.2. The number of benzene rings is 2. The van der Waals surface area contributed by atoms with E-state index in [1.165, 1.54) is 35.2 Å². The highest BCUT2D eigenvalue weighted by Crippen LogP contribution is 2.36. The first-order valence-electron chi connectivity index (χ1n) is 8.92. The van der Waals surface area contributed by atoms with E-state index in [-0.39, 0.29) is 10.7 Å². The third-order valence-electron chi connectivity index (χ3n) is 4.85. The lowest BCUT2D eigenvalue weighted by Crippen LogP contribution is -2.47. The minimum atomic E-state index is -4.82. The van der Waals surface area contributed by atoms with Crippen molar-refractivity contribution in [1.82, 2.24) is 4.90 Å². The lowest BCUT2D eigenvalue weighted by Gasteiger charge is -2.35. The van der Waals surface area contributed by atoms with E-state index in [2.05, 4.69) is 10.1 Å². The Balaban J connectivity index is 1.86. The summed E-state index contributed by atoms with van der Waals surface area (Å²) in [7, 11) is 1.54. The number of carbonyl (C=O) groups is 2. The minimum Gasteiger partial charge on any atom is -0.406 e. The van der Waals surface area contributed by atoms with Crippen LogP contribution >= 0.6 is 11.6 Å². The first kappa shape index (κ1) is 21.9. The van der Waals surface area contributed by atoms with Gasteiger partial charge in [0, 0.05) is 19.5 Å². The number of hydrogen-bond donors (Lipinski definition) is 1. The van der Waals surface area contributed by atoms with Crippen LogP contribution in [0.2, 0.25) is 5.02 Å². The van der Waals surface area contributed by atoms with Crippen molar-refractivity contribution in [2.45, 2.75) is 18.7 Å². The van der Waals surface area contributed by atoms with E-state index in [0.29, 0.717) is 18.5 Å². The number of nitrogens with zero attached hydrogens (tertiary/aromatic N) is 1. The van der Waals surface area contributed by atoms with Crippen LogP contribution in [0.3, 0.4) is 0 Å². The first-order valence-corrected chi connectivity index (χ1v) is 9.30. The summed E-state index contributed by atoms with van der Waals surface area (Å²) < 4.78 is 55.1. The van der Waals surface area contributed by atoms with Crippen molar-refractivity contribution in [2.24, 2.45) is 5.92 Å². The highest BCUT2D eigenvalue weighted by Gasteiger charge is 2.41. The molecule has 1 aliphatic heterocycles. The van der Waals surface area contributed by atoms with Crippen LogP contribution in [0.25, 0.3) is 0 Å². The minimum absolute atomic E-state index is 0.166. The van der Waals surface area contributed by atoms with Gasteiger partial charge >= 0.3 is 6.36 Å². The van der Waals surface area contributed by atoms with Crippen molar-refractivity contribution >= 4 is 29.1 Å². The Kier molecular flexibility index (Phi) is 6.21. The molecule has 1 N–H and O–H groups in total. The molecular weight excluding hydrogens is 428 g/mol. The van der Waals surface area contributed by atoms with Crippen molar-refractivity contribution in [3.8, 4) is 5.75 Å². The molecule has 2 atom stereocenters. The fourth-order valence-corrected chi connectivity index (χ4v) is 3.58. The Morgan fingerprint density at radius 1 is 1.20 bits per heavy atom. The van der Waals surface area contributed by atoms with E-state index in [1.807, 2.05) is 0 Å². The molecule has 2 aromatic carbocycles. The maximum absolute atomic E-state index is 14.2. The van der Waals surface area contributed by atoms with Crippen molar-refractivity contribution in [1.29, 1.82) is 0 Å². The summed E-state index contributed by atoms with van der Waals surface area (Å²) in [5, 5.41) is 2.21. The number of rotatable bonds is 4. The number of likely N-dealkylation sites (tertiary alicyclic amines) is 1. The van der Waals surface area contributed by atoms with E-state index in [9.17, 15) is 27.2 Å². The molecule has 0 unspecified atom stereocenters. The average molecular weight is 445 g/mol. The van der Waals surface area contributed by atoms with E-state index < -0.39 is 41.6 Å². The third kappa shape index (κ3) is 4.84. The van der Waals surface area contributed by atoms with Crippen molar-refractivity contribution in [3.63, 3.8) is 0 Å². The molecule has 2 amide bonds. The molecule has 0 aromatic heterocycles. The number of nitrogens with one attached hydrogen (secondary N) is 1. The largest absolute Gasteiger partial charge is 0.573 e. The fraction of sp³-hybridized carbons (Fsp3) is 0.300. The molecule has 1 aliphatic rings. The van der Waals surface area contributed by atoms with Crippen molar-refractivity contribution in [3.05, 3.63) is 58.9 Å². The molecule has 0 saturated carbocycles. The normalized spacial score (nSPS) is 19.5. The lowest BCUT2D eigenvalue weighted by atomic mass is 9.79. The molecule has 5 nitrogen and oxygen atoms in total. The highest BCUT2D eigenvalue weighted by molar-refractivity contribution is 6.31. The molecular formula is C20H17ClF4N2O3. The smallest absolute Gasteiger partial charge is 0.406 e. The second-order valence-corrected chi connectivity index (χ2v) is 7.25. The second-order valence-electron chi connectivity index (χ2n) is 6.84. The third-order valence-corrected chi connectivity index (χ3v) is 5.15. The van der Waals surface area contributed by atoms with E-state index in [1.54, 1.807) is 7.05 Å². The average Bonchev–Trinajstić information content (AvgIpc) is 2.67. The molecule has 1 heterocycles. The molecule has 3 rings (SSSR count). The summed E-state index contributed by atoms with van der Waals surface area (Å²) in [6.07, 6.45) is -4.42. The first-order chi connectivity index (χ1) is 14.1. The van der Waals surface area contributed by atoms with Crippen molar-refractivity contribution in [2.75, 3.05) is 18.9 Å². The Morgan fingerprint density at radius 3 is 2.50 bits per heavy atom. The van der Waals surface area contributed by atoms with E-state index >= 15 is 0 Å². The highest BCUT2D eigenvalue weighted by atomic mass is 35.5. The molecule has 1 saturated heterocycles. The van der Waals surface area contributed by atoms with Crippen LogP contribution in [0.15, 0.2) is 42.5 Å². The van der Waals surface area contributed by atoms with Gasteiger partial charge < -0.3 is 15.0 Å². The Hall–Kier alpha value is -2.81. The summed E-state index contributed by atoms with van der Waals surface area (Å²) >= 11 is 5.73. The molecule has 160 valence electrons. The second kappa shape index (κ2) is 8.51. The quantitative estimate of drug-likeness (QED) is 0.555. The number of piperidine rings is 1. The zero-order valence-corrected chi connectivity index (χ0v) is 16.4. The van der Waals surface area contributed by atoms with Crippen LogP contribution < -0.4 is 10.1 Å². The molecule has 0 spiro atoms. The zero-order valence-electron chi connectivity index (χ0n) is 15.7. The standard InChI is InChI=1S/C20H17ClF4N2O3/c1-27-10-9-13(11-5-7-12(8-6-11)30-20(23,24)25)16(19(27)29)18(28)26-15-4-2-3-14(21)17(15)22/h2-8,13,16H,9-10H2,1H3,(H,26,28)/t13-,16+/m1/s1. The summed E-state index contributed by atoms with van der Waals surface area (Å²) in [5.74, 6) is -4.22. The van der Waals surface area contributed by atoms with Gasteiger partial charge in [0.25, 0.3) is 0 Å². The SMILES string of the molecule is CN1CC[C@H](c2ccc(OC(F)(F)F)cc2)[C@@H](C(=O)Nc2cccc(Cl)c2F)C1=O. The predicted molar refractivity (Wildman–Crippen MR) is 102 cm³/mol. The van der Waals surface area contributed by atoms with Gasteiger partial charge in [0.2, 0.25) is 11.8 Å². The summed E-state index contributed by atoms with van der Waals surface area (Å²) in [5.41, 5.74) is 0.332. The number of carbonyl (C=O) groups excluding carboxylic acids is 2. The Morgan fingerprint density at radius 2 is 1.87 bits per heavy atom. The van der Waals surface area contributed by atoms with Gasteiger partial charge in [0.1, 0.15) is 11.7 Å². The number of hydrogen-bond acceptors (Lipinski definition) is 3. The molecule has 0 bridgehead atoms. The zero-order chi connectivity index (χ0) is 22.1. The molecule has 0 radical (unpaired) electrons. The van der Waals surface area contributed by atoms with Crippen LogP contribution in [-0.2, 0) is 9.59 Å². The van der Waals surface area contributed by atoms with Gasteiger partial charge in [-0.15, -0.1) is 13.2 Å². The number of ether oxygens (including phenoxy) is 1. The Labute approximate surface area is 174 Å². The summed E-state index contributed by atoms with van der Waals surface area (Å²) in [6.45, 7) is 0.361. The monoisotopic (exact) mass is 444 g/mol.